The first-order chi connectivity index (χ1) is 6.60. The van der Waals surface area contributed by atoms with E-state index in [2.05, 4.69) is 4.98 Å². The van der Waals surface area contributed by atoms with Crippen molar-refractivity contribution in [3.8, 4) is 5.75 Å². The van der Waals surface area contributed by atoms with Crippen molar-refractivity contribution in [1.82, 2.24) is 4.98 Å². The van der Waals surface area contributed by atoms with E-state index in [1.807, 2.05) is 0 Å². The van der Waals surface area contributed by atoms with Gasteiger partial charge in [0, 0.05) is 11.3 Å². The third-order valence-electron chi connectivity index (χ3n) is 1.90. The molecule has 0 aromatic carbocycles. The van der Waals surface area contributed by atoms with Crippen LogP contribution in [0.2, 0.25) is 0 Å². The van der Waals surface area contributed by atoms with Crippen molar-refractivity contribution in [2.24, 2.45) is 0 Å². The summed E-state index contributed by atoms with van der Waals surface area (Å²) in [6.45, 7) is 1.15. The van der Waals surface area contributed by atoms with E-state index in [0.29, 0.717) is 0 Å². The van der Waals surface area contributed by atoms with Crippen LogP contribution in [0.4, 0.5) is 8.78 Å². The van der Waals surface area contributed by atoms with Crippen molar-refractivity contribution < 1.29 is 18.6 Å². The van der Waals surface area contributed by atoms with Crippen LogP contribution in [0.5, 0.6) is 5.75 Å². The highest BCUT2D eigenvalue weighted by molar-refractivity contribution is 5.35. The molecule has 0 aliphatic rings. The van der Waals surface area contributed by atoms with Crippen LogP contribution in [0.1, 0.15) is 23.4 Å². The largest absolute Gasteiger partial charge is 0.495 e. The summed E-state index contributed by atoms with van der Waals surface area (Å²) in [7, 11) is 1.35. The number of aryl methyl sites for hydroxylation is 1. The fourth-order valence-corrected chi connectivity index (χ4v) is 1.16. The molecule has 78 valence electrons. The number of hydrogen-bond acceptors (Lipinski definition) is 3. The molecule has 0 amide bonds. The zero-order chi connectivity index (χ0) is 10.7. The topological polar surface area (TPSA) is 42.4 Å². The maximum absolute atomic E-state index is 12.4. The van der Waals surface area contributed by atoms with E-state index in [4.69, 9.17) is 9.84 Å². The van der Waals surface area contributed by atoms with Gasteiger partial charge in [0.2, 0.25) is 0 Å². The zero-order valence-electron chi connectivity index (χ0n) is 7.92. The minimum Gasteiger partial charge on any atom is -0.495 e. The van der Waals surface area contributed by atoms with Gasteiger partial charge in [-0.25, -0.2) is 8.78 Å². The van der Waals surface area contributed by atoms with Crippen LogP contribution in [0.3, 0.4) is 0 Å². The van der Waals surface area contributed by atoms with Crippen LogP contribution in [0.15, 0.2) is 6.07 Å². The first-order valence-corrected chi connectivity index (χ1v) is 4.03. The molecule has 0 radical (unpaired) electrons. The quantitative estimate of drug-likeness (QED) is 0.814. The fraction of sp³-hybridized carbons (Fsp3) is 0.444. The summed E-state index contributed by atoms with van der Waals surface area (Å²) in [6.07, 6.45) is -2.58. The standard InChI is InChI=1S/C9H11F2NO2/c1-5-6(9(10)11)3-8(14-2)7(4-13)12-5/h3,9,13H,4H2,1-2H3. The van der Waals surface area contributed by atoms with Crippen molar-refractivity contribution in [1.29, 1.82) is 0 Å². The van der Waals surface area contributed by atoms with Crippen molar-refractivity contribution in [3.05, 3.63) is 23.0 Å². The molecular weight excluding hydrogens is 192 g/mol. The number of aliphatic hydroxyl groups excluding tert-OH is 1. The molecule has 3 nitrogen and oxygen atoms in total. The fourth-order valence-electron chi connectivity index (χ4n) is 1.16. The van der Waals surface area contributed by atoms with E-state index in [0.717, 1.165) is 0 Å². The van der Waals surface area contributed by atoms with Crippen molar-refractivity contribution in [2.45, 2.75) is 20.0 Å². The third-order valence-corrected chi connectivity index (χ3v) is 1.90. The molecule has 14 heavy (non-hydrogen) atoms. The van der Waals surface area contributed by atoms with E-state index >= 15 is 0 Å². The Hall–Kier alpha value is -1.23. The highest BCUT2D eigenvalue weighted by atomic mass is 19.3. The predicted molar refractivity (Wildman–Crippen MR) is 46.4 cm³/mol. The SMILES string of the molecule is COc1cc(C(F)F)c(C)nc1CO. The summed E-state index contributed by atoms with van der Waals surface area (Å²) in [4.78, 5) is 3.83. The lowest BCUT2D eigenvalue weighted by atomic mass is 10.2. The Morgan fingerprint density at radius 1 is 1.57 bits per heavy atom. The second-order valence-electron chi connectivity index (χ2n) is 2.77. The molecular formula is C9H11F2NO2. The lowest BCUT2D eigenvalue weighted by Crippen LogP contribution is -2.01. The van der Waals surface area contributed by atoms with Gasteiger partial charge in [-0.1, -0.05) is 0 Å². The Balaban J connectivity index is 3.23. The van der Waals surface area contributed by atoms with Gasteiger partial charge in [0.25, 0.3) is 6.43 Å². The first kappa shape index (κ1) is 10.8. The molecule has 1 rings (SSSR count). The maximum Gasteiger partial charge on any atom is 0.265 e. The van der Waals surface area contributed by atoms with Crippen molar-refractivity contribution in [2.75, 3.05) is 7.11 Å². The number of methoxy groups -OCH3 is 1. The van der Waals surface area contributed by atoms with Crippen LogP contribution in [0, 0.1) is 6.92 Å². The van der Waals surface area contributed by atoms with E-state index in [1.54, 1.807) is 0 Å². The smallest absolute Gasteiger partial charge is 0.265 e. The Morgan fingerprint density at radius 2 is 2.21 bits per heavy atom. The average Bonchev–Trinajstić information content (AvgIpc) is 2.16. The number of halogens is 2. The number of hydrogen-bond donors (Lipinski definition) is 1. The summed E-state index contributed by atoms with van der Waals surface area (Å²) in [5.74, 6) is 0.188. The highest BCUT2D eigenvalue weighted by Gasteiger charge is 2.15. The van der Waals surface area contributed by atoms with Crippen LogP contribution in [-0.2, 0) is 6.61 Å². The highest BCUT2D eigenvalue weighted by Crippen LogP contribution is 2.27. The maximum atomic E-state index is 12.4. The van der Waals surface area contributed by atoms with Gasteiger partial charge in [-0.3, -0.25) is 4.98 Å². The molecule has 1 N–H and O–H groups in total. The molecule has 0 saturated heterocycles. The monoisotopic (exact) mass is 203 g/mol. The van der Waals surface area contributed by atoms with Crippen molar-refractivity contribution >= 4 is 0 Å². The lowest BCUT2D eigenvalue weighted by molar-refractivity contribution is 0.149. The summed E-state index contributed by atoms with van der Waals surface area (Å²) in [5, 5.41) is 8.87. The molecule has 0 spiro atoms. The van der Waals surface area contributed by atoms with Gasteiger partial charge in [-0.05, 0) is 13.0 Å². The number of aromatic nitrogens is 1. The van der Waals surface area contributed by atoms with E-state index in [1.165, 1.54) is 20.1 Å². The Labute approximate surface area is 80.3 Å². The van der Waals surface area contributed by atoms with Gasteiger partial charge >= 0.3 is 0 Å². The van der Waals surface area contributed by atoms with Gasteiger partial charge < -0.3 is 9.84 Å². The third kappa shape index (κ3) is 1.98. The lowest BCUT2D eigenvalue weighted by Gasteiger charge is -2.10. The van der Waals surface area contributed by atoms with E-state index in [9.17, 15) is 8.78 Å². The number of aliphatic hydroxyl groups is 1. The van der Waals surface area contributed by atoms with Gasteiger partial charge in [0.05, 0.1) is 13.7 Å². The molecule has 1 heterocycles. The molecule has 0 aliphatic heterocycles. The van der Waals surface area contributed by atoms with E-state index < -0.39 is 6.43 Å². The predicted octanol–water partition coefficient (Wildman–Crippen LogP) is 1.83. The molecule has 0 aliphatic carbocycles. The zero-order valence-corrected chi connectivity index (χ0v) is 7.92. The molecule has 0 unspecified atom stereocenters. The van der Waals surface area contributed by atoms with Crippen LogP contribution >= 0.6 is 0 Å². The molecule has 0 fully saturated rings. The summed E-state index contributed by atoms with van der Waals surface area (Å²) < 4.78 is 29.7. The second-order valence-corrected chi connectivity index (χ2v) is 2.77. The van der Waals surface area contributed by atoms with Gasteiger partial charge in [0.1, 0.15) is 11.4 Å². The summed E-state index contributed by atoms with van der Waals surface area (Å²) >= 11 is 0. The minimum absolute atomic E-state index is 0.168. The van der Waals surface area contributed by atoms with Gasteiger partial charge in [0.15, 0.2) is 0 Å². The first-order valence-electron chi connectivity index (χ1n) is 4.03. The Kier molecular flexibility index (Phi) is 3.35. The molecule has 0 saturated carbocycles. The molecule has 0 atom stereocenters. The summed E-state index contributed by atoms with van der Waals surface area (Å²) in [5.41, 5.74) is 0.318. The average molecular weight is 203 g/mol. The van der Waals surface area contributed by atoms with Gasteiger partial charge in [-0.15, -0.1) is 0 Å². The normalized spacial score (nSPS) is 10.7. The second kappa shape index (κ2) is 4.32. The number of rotatable bonds is 3. The Morgan fingerprint density at radius 3 is 2.64 bits per heavy atom. The van der Waals surface area contributed by atoms with Crippen LogP contribution in [0.25, 0.3) is 0 Å². The number of nitrogens with zero attached hydrogens (tertiary/aromatic N) is 1. The summed E-state index contributed by atoms with van der Waals surface area (Å²) in [6, 6.07) is 1.21. The molecule has 5 heteroatoms. The van der Waals surface area contributed by atoms with E-state index in [-0.39, 0.29) is 29.3 Å². The number of pyridine rings is 1. The molecule has 1 aromatic rings. The van der Waals surface area contributed by atoms with Crippen LogP contribution in [-0.4, -0.2) is 17.2 Å². The van der Waals surface area contributed by atoms with Crippen LogP contribution < -0.4 is 4.74 Å². The molecule has 1 aromatic heterocycles. The number of alkyl halides is 2. The van der Waals surface area contributed by atoms with Gasteiger partial charge in [-0.2, -0.15) is 0 Å². The number of ether oxygens (including phenoxy) is 1. The van der Waals surface area contributed by atoms with Crippen molar-refractivity contribution in [3.63, 3.8) is 0 Å². The Bertz CT molecular complexity index is 329. The molecule has 0 bridgehead atoms. The minimum atomic E-state index is -2.58.